The van der Waals surface area contributed by atoms with E-state index in [2.05, 4.69) is 15.9 Å². The summed E-state index contributed by atoms with van der Waals surface area (Å²) in [5.41, 5.74) is 1.79. The molecule has 2 aromatic carbocycles. The van der Waals surface area contributed by atoms with Gasteiger partial charge in [0.25, 0.3) is 11.1 Å². The minimum absolute atomic E-state index is 0.248. The average molecular weight is 448 g/mol. The van der Waals surface area contributed by atoms with Crippen molar-refractivity contribution in [2.75, 3.05) is 13.7 Å². The third-order valence-electron chi connectivity index (χ3n) is 3.97. The third kappa shape index (κ3) is 4.36. The Bertz CT molecular complexity index is 898. The van der Waals surface area contributed by atoms with Crippen molar-refractivity contribution in [2.24, 2.45) is 0 Å². The quantitative estimate of drug-likeness (QED) is 0.576. The third-order valence-corrected chi connectivity index (χ3v) is 5.46. The zero-order valence-corrected chi connectivity index (χ0v) is 17.3. The van der Waals surface area contributed by atoms with Gasteiger partial charge < -0.3 is 9.47 Å². The maximum Gasteiger partial charge on any atom is 0.293 e. The van der Waals surface area contributed by atoms with Crippen LogP contribution < -0.4 is 9.47 Å². The number of carbonyl (C=O) groups is 2. The van der Waals surface area contributed by atoms with Crippen molar-refractivity contribution < 1.29 is 19.1 Å². The number of hydrogen-bond donors (Lipinski definition) is 0. The highest BCUT2D eigenvalue weighted by Crippen LogP contribution is 2.39. The number of amides is 2. The molecule has 0 radical (unpaired) electrons. The van der Waals surface area contributed by atoms with Gasteiger partial charge in [0, 0.05) is 6.54 Å². The van der Waals surface area contributed by atoms with E-state index in [4.69, 9.17) is 9.47 Å². The summed E-state index contributed by atoms with van der Waals surface area (Å²) in [5.74, 6) is 0.855. The zero-order chi connectivity index (χ0) is 19.4. The standard InChI is InChI=1S/C20H18BrNO4S/c1-3-22-19(23)17(27-20(22)24)11-14-9-15(21)18(16(10-14)25-2)26-12-13-7-5-4-6-8-13/h4-11H,3,12H2,1-2H3. The predicted octanol–water partition coefficient (Wildman–Crippen LogP) is 5.09. The molecule has 0 N–H and O–H groups in total. The lowest BCUT2D eigenvalue weighted by atomic mass is 10.1. The van der Waals surface area contributed by atoms with Crippen LogP contribution in [0.5, 0.6) is 11.5 Å². The van der Waals surface area contributed by atoms with Crippen LogP contribution in [0, 0.1) is 0 Å². The highest BCUT2D eigenvalue weighted by molar-refractivity contribution is 9.10. The smallest absolute Gasteiger partial charge is 0.293 e. The number of hydrogen-bond acceptors (Lipinski definition) is 5. The van der Waals surface area contributed by atoms with Crippen molar-refractivity contribution in [3.8, 4) is 11.5 Å². The van der Waals surface area contributed by atoms with Crippen LogP contribution in [-0.2, 0) is 11.4 Å². The number of nitrogens with zero attached hydrogens (tertiary/aromatic N) is 1. The van der Waals surface area contributed by atoms with E-state index >= 15 is 0 Å². The first-order valence-corrected chi connectivity index (χ1v) is 9.94. The lowest BCUT2D eigenvalue weighted by molar-refractivity contribution is -0.122. The predicted molar refractivity (Wildman–Crippen MR) is 110 cm³/mol. The molecule has 1 aliphatic rings. The number of thioether (sulfide) groups is 1. The van der Waals surface area contributed by atoms with Gasteiger partial charge in [-0.25, -0.2) is 0 Å². The van der Waals surface area contributed by atoms with Gasteiger partial charge in [0.05, 0.1) is 16.5 Å². The summed E-state index contributed by atoms with van der Waals surface area (Å²) in [6.07, 6.45) is 1.69. The van der Waals surface area contributed by atoms with E-state index in [9.17, 15) is 9.59 Å². The number of halogens is 1. The van der Waals surface area contributed by atoms with Crippen LogP contribution in [0.2, 0.25) is 0 Å². The molecule has 0 unspecified atom stereocenters. The second-order valence-electron chi connectivity index (χ2n) is 5.73. The molecule has 140 valence electrons. The monoisotopic (exact) mass is 447 g/mol. The molecule has 0 bridgehead atoms. The van der Waals surface area contributed by atoms with Crippen molar-refractivity contribution in [3.63, 3.8) is 0 Å². The molecule has 2 aromatic rings. The number of rotatable bonds is 6. The molecule has 1 heterocycles. The molecule has 1 aliphatic heterocycles. The summed E-state index contributed by atoms with van der Waals surface area (Å²) in [7, 11) is 1.56. The minimum atomic E-state index is -0.271. The van der Waals surface area contributed by atoms with Crippen LogP contribution in [-0.4, -0.2) is 29.7 Å². The van der Waals surface area contributed by atoms with Gasteiger partial charge in [0.1, 0.15) is 6.61 Å². The first-order valence-electron chi connectivity index (χ1n) is 8.33. The Kier molecular flexibility index (Phi) is 6.23. The number of ether oxygens (including phenoxy) is 2. The molecule has 3 rings (SSSR count). The molecule has 2 amide bonds. The van der Waals surface area contributed by atoms with Gasteiger partial charge >= 0.3 is 0 Å². The number of carbonyl (C=O) groups excluding carboxylic acids is 2. The van der Waals surface area contributed by atoms with Crippen molar-refractivity contribution in [3.05, 3.63) is 63.0 Å². The highest BCUT2D eigenvalue weighted by Gasteiger charge is 2.33. The van der Waals surface area contributed by atoms with E-state index < -0.39 is 0 Å². The van der Waals surface area contributed by atoms with Crippen LogP contribution in [0.3, 0.4) is 0 Å². The fourth-order valence-electron chi connectivity index (χ4n) is 2.62. The molecular weight excluding hydrogens is 430 g/mol. The Balaban J connectivity index is 1.85. The second kappa shape index (κ2) is 8.63. The molecule has 0 atom stereocenters. The molecule has 27 heavy (non-hydrogen) atoms. The van der Waals surface area contributed by atoms with Gasteiger partial charge in [-0.3, -0.25) is 14.5 Å². The largest absolute Gasteiger partial charge is 0.493 e. The summed E-state index contributed by atoms with van der Waals surface area (Å²) in [6, 6.07) is 13.5. The summed E-state index contributed by atoms with van der Waals surface area (Å²) in [5, 5.41) is -0.248. The van der Waals surface area contributed by atoms with Gasteiger partial charge in [-0.05, 0) is 64.0 Å². The lowest BCUT2D eigenvalue weighted by Crippen LogP contribution is -2.27. The van der Waals surface area contributed by atoms with E-state index in [1.165, 1.54) is 4.90 Å². The summed E-state index contributed by atoms with van der Waals surface area (Å²) in [6.45, 7) is 2.55. The fraction of sp³-hybridized carbons (Fsp3) is 0.200. The number of benzene rings is 2. The van der Waals surface area contributed by atoms with Crippen LogP contribution in [0.25, 0.3) is 6.08 Å². The topological polar surface area (TPSA) is 55.8 Å². The highest BCUT2D eigenvalue weighted by atomic mass is 79.9. The summed E-state index contributed by atoms with van der Waals surface area (Å²) >= 11 is 4.45. The van der Waals surface area contributed by atoms with E-state index in [1.54, 1.807) is 26.2 Å². The normalized spacial score (nSPS) is 15.5. The SMILES string of the molecule is CCN1C(=O)SC(=Cc2cc(Br)c(OCc3ccccc3)c(OC)c2)C1=O. The van der Waals surface area contributed by atoms with Gasteiger partial charge in [-0.1, -0.05) is 30.3 Å². The first kappa shape index (κ1) is 19.5. The number of imide groups is 1. The zero-order valence-electron chi connectivity index (χ0n) is 14.9. The van der Waals surface area contributed by atoms with Gasteiger partial charge in [-0.2, -0.15) is 0 Å². The maximum atomic E-state index is 12.3. The molecule has 0 aromatic heterocycles. The molecular formula is C20H18BrNO4S. The van der Waals surface area contributed by atoms with Crippen LogP contribution >= 0.6 is 27.7 Å². The lowest BCUT2D eigenvalue weighted by Gasteiger charge is -2.14. The second-order valence-corrected chi connectivity index (χ2v) is 7.58. The Hall–Kier alpha value is -2.25. The van der Waals surface area contributed by atoms with Gasteiger partial charge in [-0.15, -0.1) is 0 Å². The Morgan fingerprint density at radius 2 is 1.93 bits per heavy atom. The molecule has 7 heteroatoms. The Labute approximate surface area is 170 Å². The summed E-state index contributed by atoms with van der Waals surface area (Å²) in [4.78, 5) is 25.7. The van der Waals surface area contributed by atoms with Crippen molar-refractivity contribution in [1.29, 1.82) is 0 Å². The van der Waals surface area contributed by atoms with Crippen LogP contribution in [0.4, 0.5) is 4.79 Å². The minimum Gasteiger partial charge on any atom is -0.493 e. The average Bonchev–Trinajstić information content (AvgIpc) is 2.93. The van der Waals surface area contributed by atoms with Crippen molar-refractivity contribution in [2.45, 2.75) is 13.5 Å². The van der Waals surface area contributed by atoms with E-state index in [1.807, 2.05) is 36.4 Å². The Morgan fingerprint density at radius 1 is 1.19 bits per heavy atom. The molecule has 0 spiro atoms. The van der Waals surface area contributed by atoms with E-state index in [-0.39, 0.29) is 11.1 Å². The van der Waals surface area contributed by atoms with E-state index in [0.717, 1.165) is 22.9 Å². The maximum absolute atomic E-state index is 12.3. The van der Waals surface area contributed by atoms with Crippen molar-refractivity contribution >= 4 is 44.9 Å². The van der Waals surface area contributed by atoms with Gasteiger partial charge in [0.2, 0.25) is 0 Å². The van der Waals surface area contributed by atoms with Crippen molar-refractivity contribution in [1.82, 2.24) is 4.90 Å². The van der Waals surface area contributed by atoms with E-state index in [0.29, 0.717) is 34.0 Å². The summed E-state index contributed by atoms with van der Waals surface area (Å²) < 4.78 is 12.1. The number of methoxy groups -OCH3 is 1. The molecule has 0 aliphatic carbocycles. The molecule has 0 saturated carbocycles. The molecule has 5 nitrogen and oxygen atoms in total. The number of likely N-dealkylation sites (N-methyl/N-ethyl adjacent to an activating group) is 1. The van der Waals surface area contributed by atoms with Gasteiger partial charge in [0.15, 0.2) is 11.5 Å². The molecule has 1 saturated heterocycles. The first-order chi connectivity index (χ1) is 13.0. The van der Waals surface area contributed by atoms with Crippen LogP contribution in [0.1, 0.15) is 18.1 Å². The Morgan fingerprint density at radius 3 is 2.56 bits per heavy atom. The van der Waals surface area contributed by atoms with Crippen LogP contribution in [0.15, 0.2) is 51.8 Å². The molecule has 1 fully saturated rings. The fourth-order valence-corrected chi connectivity index (χ4v) is 4.09.